The van der Waals surface area contributed by atoms with Crippen molar-refractivity contribution >= 4 is 20.4 Å². The maximum atomic E-state index is 12.6. The molecule has 0 bridgehead atoms. The van der Waals surface area contributed by atoms with E-state index in [-0.39, 0.29) is 24.2 Å². The van der Waals surface area contributed by atoms with E-state index in [1.165, 1.54) is 7.11 Å². The molecule has 2 rings (SSSR count). The van der Waals surface area contributed by atoms with Crippen LogP contribution in [-0.4, -0.2) is 47.9 Å². The monoisotopic (exact) mass is 430 g/mol. The van der Waals surface area contributed by atoms with Gasteiger partial charge in [0.25, 0.3) is 0 Å². The Morgan fingerprint density at radius 1 is 1.31 bits per heavy atom. The van der Waals surface area contributed by atoms with Crippen LogP contribution in [0.3, 0.4) is 0 Å². The summed E-state index contributed by atoms with van der Waals surface area (Å²) < 4.78 is 21.3. The number of esters is 1. The lowest BCUT2D eigenvalue weighted by atomic mass is 9.71. The van der Waals surface area contributed by atoms with E-state index in [2.05, 4.69) is 6.58 Å². The van der Waals surface area contributed by atoms with Crippen LogP contribution >= 0.6 is 8.60 Å². The first kappa shape index (κ1) is 25.3. The second-order valence-electron chi connectivity index (χ2n) is 6.94. The number of Topliss-reactive ketones (excluding diaryl/α,β-unsaturated/α-hetero) is 1. The van der Waals surface area contributed by atoms with Gasteiger partial charge in [0.2, 0.25) is 5.76 Å². The van der Waals surface area contributed by atoms with E-state index < -0.39 is 38.3 Å². The minimum absolute atomic E-state index is 0.0336. The molecule has 0 aromatic heterocycles. The van der Waals surface area contributed by atoms with Gasteiger partial charge in [0.15, 0.2) is 17.6 Å². The molecule has 0 aromatic rings. The van der Waals surface area contributed by atoms with E-state index in [9.17, 15) is 19.8 Å². The van der Waals surface area contributed by atoms with Gasteiger partial charge in [-0.2, -0.15) is 0 Å². The molecule has 3 atom stereocenters. The van der Waals surface area contributed by atoms with Gasteiger partial charge in [0.05, 0.1) is 6.61 Å². The molecule has 1 aliphatic heterocycles. The molecule has 0 amide bonds. The quantitative estimate of drug-likeness (QED) is 0.430. The number of hydrogen-bond donors (Lipinski definition) is 2. The van der Waals surface area contributed by atoms with Gasteiger partial charge in [-0.3, -0.25) is 4.79 Å². The third-order valence-corrected chi connectivity index (χ3v) is 5.74. The fourth-order valence-electron chi connectivity index (χ4n) is 3.22. The summed E-state index contributed by atoms with van der Waals surface area (Å²) in [5.41, 5.74) is 1.24. The Kier molecular flexibility index (Phi) is 9.49. The van der Waals surface area contributed by atoms with Crippen molar-refractivity contribution in [1.82, 2.24) is 0 Å². The van der Waals surface area contributed by atoms with Gasteiger partial charge >= 0.3 is 14.6 Å². The highest BCUT2D eigenvalue weighted by Crippen LogP contribution is 2.47. The fourth-order valence-corrected chi connectivity index (χ4v) is 4.11. The number of rotatable bonds is 8. The van der Waals surface area contributed by atoms with E-state index in [1.807, 2.05) is 27.7 Å². The van der Waals surface area contributed by atoms with Crippen LogP contribution in [0.25, 0.3) is 0 Å². The normalized spacial score (nSPS) is 24.8. The van der Waals surface area contributed by atoms with Crippen molar-refractivity contribution in [3.05, 3.63) is 35.3 Å². The Morgan fingerprint density at radius 2 is 1.93 bits per heavy atom. The fraction of sp³-hybridized carbons (Fsp3) is 0.600. The van der Waals surface area contributed by atoms with Crippen LogP contribution in [0.15, 0.2) is 35.3 Å². The minimum Gasteiger partial charge on any atom is -0.505 e. The van der Waals surface area contributed by atoms with E-state index in [4.69, 9.17) is 18.3 Å². The molecule has 1 heterocycles. The standard InChI is InChI=1S/C18H25O8P.C2H6/c1-6-11-10(2)14(19)13(9-18(11,3)4)26-27(23-5)24-8-7-12-15(20)16(21)17(22)25-12;1-2/h6,12-13,20-21H,1,7-9H2,2-5H3;1-2H3. The lowest BCUT2D eigenvalue weighted by Gasteiger charge is -2.37. The summed E-state index contributed by atoms with van der Waals surface area (Å²) in [7, 11) is -0.410. The number of allylic oxidation sites excluding steroid dienone is 2. The molecule has 2 aliphatic rings. The highest BCUT2D eigenvalue weighted by molar-refractivity contribution is 7.41. The molecule has 164 valence electrons. The first-order valence-corrected chi connectivity index (χ1v) is 10.6. The Bertz CT molecular complexity index is 695. The predicted molar refractivity (Wildman–Crippen MR) is 109 cm³/mol. The molecule has 29 heavy (non-hydrogen) atoms. The van der Waals surface area contributed by atoms with Crippen molar-refractivity contribution in [3.63, 3.8) is 0 Å². The zero-order valence-electron chi connectivity index (χ0n) is 17.9. The van der Waals surface area contributed by atoms with Crippen molar-refractivity contribution in [1.29, 1.82) is 0 Å². The third-order valence-electron chi connectivity index (χ3n) is 4.62. The van der Waals surface area contributed by atoms with Gasteiger partial charge in [-0.25, -0.2) is 4.79 Å². The topological polar surface area (TPSA) is 112 Å². The molecule has 1 aliphatic carbocycles. The van der Waals surface area contributed by atoms with Gasteiger partial charge in [0, 0.05) is 13.5 Å². The molecule has 8 nitrogen and oxygen atoms in total. The van der Waals surface area contributed by atoms with E-state index in [0.29, 0.717) is 12.0 Å². The summed E-state index contributed by atoms with van der Waals surface area (Å²) in [6, 6.07) is 0. The average Bonchev–Trinajstić information content (AvgIpc) is 2.93. The first-order valence-electron chi connectivity index (χ1n) is 9.47. The number of carbonyl (C=O) groups is 2. The van der Waals surface area contributed by atoms with Crippen molar-refractivity contribution in [2.45, 2.75) is 59.7 Å². The zero-order valence-corrected chi connectivity index (χ0v) is 18.7. The molecule has 9 heteroatoms. The molecular formula is C20H31O8P. The largest absolute Gasteiger partial charge is 0.505 e. The van der Waals surface area contributed by atoms with E-state index >= 15 is 0 Å². The number of hydrogen-bond acceptors (Lipinski definition) is 8. The van der Waals surface area contributed by atoms with Crippen LogP contribution in [0.4, 0.5) is 0 Å². The number of aliphatic hydroxyl groups excluding tert-OH is 2. The van der Waals surface area contributed by atoms with Crippen LogP contribution < -0.4 is 0 Å². The summed E-state index contributed by atoms with van der Waals surface area (Å²) >= 11 is 0. The van der Waals surface area contributed by atoms with Crippen molar-refractivity contribution in [2.75, 3.05) is 13.7 Å². The summed E-state index contributed by atoms with van der Waals surface area (Å²) in [6.45, 7) is 13.6. The molecule has 0 saturated heterocycles. The molecule has 2 N–H and O–H groups in total. The van der Waals surface area contributed by atoms with Crippen molar-refractivity contribution in [3.8, 4) is 0 Å². The summed E-state index contributed by atoms with van der Waals surface area (Å²) in [4.78, 5) is 23.7. The zero-order chi connectivity index (χ0) is 22.4. The van der Waals surface area contributed by atoms with Crippen LogP contribution in [0.5, 0.6) is 0 Å². The molecule has 0 radical (unpaired) electrons. The number of ketones is 1. The molecule has 0 saturated carbocycles. The first-order chi connectivity index (χ1) is 13.6. The maximum absolute atomic E-state index is 12.6. The Labute approximate surface area is 173 Å². The lowest BCUT2D eigenvalue weighted by Crippen LogP contribution is -2.37. The highest BCUT2D eigenvalue weighted by atomic mass is 31.2. The summed E-state index contributed by atoms with van der Waals surface area (Å²) in [5, 5.41) is 18.9. The van der Waals surface area contributed by atoms with Gasteiger partial charge in [-0.05, 0) is 29.9 Å². The number of aliphatic hydroxyl groups is 2. The number of ether oxygens (including phenoxy) is 1. The van der Waals surface area contributed by atoms with Crippen molar-refractivity contribution in [2.24, 2.45) is 5.41 Å². The van der Waals surface area contributed by atoms with Gasteiger partial charge < -0.3 is 28.5 Å². The van der Waals surface area contributed by atoms with Gasteiger partial charge in [0.1, 0.15) is 6.10 Å². The Hall–Kier alpha value is -1.73. The van der Waals surface area contributed by atoms with Crippen LogP contribution in [-0.2, 0) is 27.9 Å². The number of cyclic esters (lactones) is 1. The van der Waals surface area contributed by atoms with Crippen LogP contribution in [0.2, 0.25) is 0 Å². The van der Waals surface area contributed by atoms with Crippen LogP contribution in [0.1, 0.15) is 47.5 Å². The van der Waals surface area contributed by atoms with Crippen LogP contribution in [0, 0.1) is 5.41 Å². The summed E-state index contributed by atoms with van der Waals surface area (Å²) in [5.74, 6) is -2.42. The second-order valence-corrected chi connectivity index (χ2v) is 8.23. The Balaban J connectivity index is 0.00000204. The SMILES string of the molecule is C=CC1=C(C)C(=O)C(OP(OC)OCCC2OC(=O)C(O)=C2O)CC1(C)C.CC. The van der Waals surface area contributed by atoms with Gasteiger partial charge in [-0.1, -0.05) is 40.3 Å². The predicted octanol–water partition coefficient (Wildman–Crippen LogP) is 4.43. The van der Waals surface area contributed by atoms with E-state index in [0.717, 1.165) is 5.57 Å². The molecule has 0 spiro atoms. The molecular weight excluding hydrogens is 399 g/mol. The summed E-state index contributed by atoms with van der Waals surface area (Å²) in [6.07, 6.45) is 0.611. The molecule has 3 unspecified atom stereocenters. The molecule has 0 aromatic carbocycles. The van der Waals surface area contributed by atoms with E-state index in [1.54, 1.807) is 13.0 Å². The lowest BCUT2D eigenvalue weighted by molar-refractivity contribution is -0.142. The maximum Gasteiger partial charge on any atom is 0.377 e. The van der Waals surface area contributed by atoms with Crippen molar-refractivity contribution < 1.29 is 38.1 Å². The molecule has 0 fully saturated rings. The third kappa shape index (κ3) is 5.89. The minimum atomic E-state index is -1.81. The van der Waals surface area contributed by atoms with Gasteiger partial charge in [-0.15, -0.1) is 0 Å². The second kappa shape index (κ2) is 10.9. The average molecular weight is 430 g/mol. The highest BCUT2D eigenvalue weighted by Gasteiger charge is 2.40. The Morgan fingerprint density at radius 3 is 2.41 bits per heavy atom. The smallest absolute Gasteiger partial charge is 0.377 e. The number of carbonyl (C=O) groups excluding carboxylic acids is 2.